The Labute approximate surface area is 226 Å². The van der Waals surface area contributed by atoms with E-state index >= 15 is 0 Å². The van der Waals surface area contributed by atoms with Gasteiger partial charge < -0.3 is 24.7 Å². The average Bonchev–Trinajstić information content (AvgIpc) is 2.96. The van der Waals surface area contributed by atoms with E-state index in [9.17, 15) is 0 Å². The van der Waals surface area contributed by atoms with Crippen LogP contribution in [0.15, 0.2) is 67.0 Å². The third kappa shape index (κ3) is 5.52. The molecule has 3 aromatic carbocycles. The van der Waals surface area contributed by atoms with Crippen molar-refractivity contribution >= 4 is 11.6 Å². The van der Waals surface area contributed by atoms with Crippen molar-refractivity contribution in [2.24, 2.45) is 5.73 Å². The van der Waals surface area contributed by atoms with Gasteiger partial charge in [-0.25, -0.2) is 0 Å². The molecule has 0 radical (unpaired) electrons. The smallest absolute Gasteiger partial charge is 0.161 e. The number of pyridine rings is 1. The molecule has 0 spiro atoms. The number of aromatic nitrogens is 1. The average molecular weight is 528 g/mol. The summed E-state index contributed by atoms with van der Waals surface area (Å²) in [6.07, 6.45) is 3.17. The van der Waals surface area contributed by atoms with Crippen LogP contribution < -0.4 is 24.7 Å². The summed E-state index contributed by atoms with van der Waals surface area (Å²) in [5, 5.41) is 9.56. The van der Waals surface area contributed by atoms with Crippen LogP contribution in [0.25, 0.3) is 11.1 Å². The van der Waals surface area contributed by atoms with Gasteiger partial charge in [-0.1, -0.05) is 35.9 Å². The topological polar surface area (TPSA) is 99.6 Å². The fourth-order valence-corrected chi connectivity index (χ4v) is 4.53. The molecule has 192 valence electrons. The maximum absolute atomic E-state index is 9.11. The summed E-state index contributed by atoms with van der Waals surface area (Å²) in [6, 6.07) is 19.4. The van der Waals surface area contributed by atoms with Gasteiger partial charge in [0, 0.05) is 36.1 Å². The van der Waals surface area contributed by atoms with Crippen LogP contribution in [0.5, 0.6) is 23.0 Å². The third-order valence-electron chi connectivity index (χ3n) is 6.34. The van der Waals surface area contributed by atoms with Crippen molar-refractivity contribution in [3.63, 3.8) is 0 Å². The first-order valence-electron chi connectivity index (χ1n) is 12.2. The minimum atomic E-state index is 0.229. The number of nitrogens with two attached hydrogens (primary N) is 1. The molecule has 1 aliphatic rings. The minimum absolute atomic E-state index is 0.229. The van der Waals surface area contributed by atoms with Gasteiger partial charge in [0.05, 0.1) is 10.6 Å². The molecule has 0 fully saturated rings. The molecule has 7 nitrogen and oxygen atoms in total. The highest BCUT2D eigenvalue weighted by molar-refractivity contribution is 6.32. The lowest BCUT2D eigenvalue weighted by Gasteiger charge is -2.20. The number of rotatable bonds is 8. The van der Waals surface area contributed by atoms with E-state index in [4.69, 9.17) is 41.5 Å². The van der Waals surface area contributed by atoms with Gasteiger partial charge in [-0.05, 0) is 53.4 Å². The van der Waals surface area contributed by atoms with E-state index in [0.717, 1.165) is 44.9 Å². The summed E-state index contributed by atoms with van der Waals surface area (Å²) in [5.74, 6) is 2.58. The highest BCUT2D eigenvalue weighted by atomic mass is 35.5. The highest BCUT2D eigenvalue weighted by Crippen LogP contribution is 2.37. The molecular weight excluding hydrogens is 502 g/mol. The van der Waals surface area contributed by atoms with E-state index in [-0.39, 0.29) is 13.2 Å². The van der Waals surface area contributed by atoms with Crippen LogP contribution in [0, 0.1) is 18.3 Å². The molecule has 0 saturated carbocycles. The number of nitrogens with zero attached hydrogens (tertiary/aromatic N) is 2. The second kappa shape index (κ2) is 11.4. The molecule has 5 rings (SSSR count). The molecule has 0 amide bonds. The third-order valence-corrected chi connectivity index (χ3v) is 6.63. The molecule has 0 bridgehead atoms. The van der Waals surface area contributed by atoms with Crippen LogP contribution in [0.2, 0.25) is 5.02 Å². The number of halogens is 1. The molecule has 0 unspecified atom stereocenters. The maximum atomic E-state index is 9.11. The number of benzene rings is 3. The first kappa shape index (κ1) is 25.4. The Balaban J connectivity index is 1.34. The van der Waals surface area contributed by atoms with Crippen molar-refractivity contribution in [1.82, 2.24) is 4.98 Å². The van der Waals surface area contributed by atoms with Gasteiger partial charge in [0.25, 0.3) is 0 Å². The summed E-state index contributed by atoms with van der Waals surface area (Å²) in [5.41, 5.74) is 12.2. The first-order chi connectivity index (χ1) is 18.6. The van der Waals surface area contributed by atoms with Gasteiger partial charge in [0.15, 0.2) is 11.5 Å². The Bertz CT molecular complexity index is 1520. The Morgan fingerprint density at radius 1 is 0.947 bits per heavy atom. The quantitative estimate of drug-likeness (QED) is 0.301. The van der Waals surface area contributed by atoms with Crippen LogP contribution in [0.1, 0.15) is 27.8 Å². The van der Waals surface area contributed by atoms with Crippen LogP contribution >= 0.6 is 11.6 Å². The van der Waals surface area contributed by atoms with Crippen LogP contribution in [0.3, 0.4) is 0 Å². The molecule has 2 heterocycles. The van der Waals surface area contributed by atoms with E-state index < -0.39 is 0 Å². The second-order valence-electron chi connectivity index (χ2n) is 8.81. The SMILES string of the molecule is Cc1c(COc2cc(OCc3cncc(C#N)c3)c(CN)cc2Cl)cccc1-c1ccc2c(c1)OCCO2. The van der Waals surface area contributed by atoms with Gasteiger partial charge in [0.1, 0.15) is 44.0 Å². The number of ether oxygens (including phenoxy) is 4. The summed E-state index contributed by atoms with van der Waals surface area (Å²) in [7, 11) is 0. The van der Waals surface area contributed by atoms with E-state index in [0.29, 0.717) is 41.9 Å². The lowest BCUT2D eigenvalue weighted by molar-refractivity contribution is 0.171. The van der Waals surface area contributed by atoms with Crippen LogP contribution in [0.4, 0.5) is 0 Å². The highest BCUT2D eigenvalue weighted by Gasteiger charge is 2.16. The number of nitriles is 1. The van der Waals surface area contributed by atoms with E-state index in [1.807, 2.05) is 30.3 Å². The normalized spacial score (nSPS) is 12.1. The second-order valence-corrected chi connectivity index (χ2v) is 9.22. The predicted molar refractivity (Wildman–Crippen MR) is 145 cm³/mol. The Morgan fingerprint density at radius 2 is 1.76 bits per heavy atom. The van der Waals surface area contributed by atoms with Crippen molar-refractivity contribution < 1.29 is 18.9 Å². The van der Waals surface area contributed by atoms with Crippen molar-refractivity contribution in [2.45, 2.75) is 26.7 Å². The van der Waals surface area contributed by atoms with Crippen LogP contribution in [-0.2, 0) is 19.8 Å². The lowest BCUT2D eigenvalue weighted by atomic mass is 9.96. The van der Waals surface area contributed by atoms with E-state index in [1.54, 1.807) is 24.4 Å². The molecule has 4 aromatic rings. The zero-order valence-electron chi connectivity index (χ0n) is 20.9. The van der Waals surface area contributed by atoms with Crippen molar-refractivity contribution in [2.75, 3.05) is 13.2 Å². The maximum Gasteiger partial charge on any atom is 0.161 e. The number of fused-ring (bicyclic) bond motifs is 1. The van der Waals surface area contributed by atoms with Gasteiger partial charge >= 0.3 is 0 Å². The lowest BCUT2D eigenvalue weighted by Crippen LogP contribution is -2.15. The number of hydrogen-bond donors (Lipinski definition) is 1. The first-order valence-corrected chi connectivity index (χ1v) is 12.5. The number of hydrogen-bond acceptors (Lipinski definition) is 7. The van der Waals surface area contributed by atoms with Gasteiger partial charge in [-0.2, -0.15) is 5.26 Å². The zero-order valence-corrected chi connectivity index (χ0v) is 21.6. The monoisotopic (exact) mass is 527 g/mol. The molecule has 0 saturated heterocycles. The largest absolute Gasteiger partial charge is 0.488 e. The molecule has 0 atom stereocenters. The van der Waals surface area contributed by atoms with Crippen LogP contribution in [-0.4, -0.2) is 18.2 Å². The molecule has 1 aliphatic heterocycles. The molecule has 0 aliphatic carbocycles. The van der Waals surface area contributed by atoms with E-state index in [1.165, 1.54) is 6.20 Å². The molecule has 1 aromatic heterocycles. The summed E-state index contributed by atoms with van der Waals surface area (Å²) in [6.45, 7) is 3.98. The summed E-state index contributed by atoms with van der Waals surface area (Å²) >= 11 is 6.53. The predicted octanol–water partition coefficient (Wildman–Crippen LogP) is 5.97. The Hall–Kier alpha value is -4.25. The van der Waals surface area contributed by atoms with Crippen molar-refractivity contribution in [1.29, 1.82) is 5.26 Å². The zero-order chi connectivity index (χ0) is 26.5. The van der Waals surface area contributed by atoms with Gasteiger partial charge in [0.2, 0.25) is 0 Å². The van der Waals surface area contributed by atoms with Crippen molar-refractivity contribution in [3.8, 4) is 40.2 Å². The summed E-state index contributed by atoms with van der Waals surface area (Å²) < 4.78 is 23.6. The van der Waals surface area contributed by atoms with Gasteiger partial charge in [-0.15, -0.1) is 0 Å². The minimum Gasteiger partial charge on any atom is -0.488 e. The molecule has 2 N–H and O–H groups in total. The Kier molecular flexibility index (Phi) is 7.64. The summed E-state index contributed by atoms with van der Waals surface area (Å²) in [4.78, 5) is 4.08. The molecular formula is C30H26ClN3O4. The molecule has 38 heavy (non-hydrogen) atoms. The molecule has 8 heteroatoms. The van der Waals surface area contributed by atoms with Gasteiger partial charge in [-0.3, -0.25) is 4.98 Å². The fourth-order valence-electron chi connectivity index (χ4n) is 4.29. The standard InChI is InChI=1S/C30H26ClN3O4/c1-19-23(3-2-4-25(19)22-5-6-27-30(11-22)36-8-7-35-27)18-38-29-12-28(24(14-33)10-26(29)31)37-17-21-9-20(13-32)15-34-16-21/h2-6,9-12,15-16H,7-8,14,17-18,33H2,1H3. The Morgan fingerprint density at radius 3 is 2.58 bits per heavy atom. The fraction of sp³-hybridized carbons (Fsp3) is 0.200. The van der Waals surface area contributed by atoms with E-state index in [2.05, 4.69) is 24.0 Å². The van der Waals surface area contributed by atoms with Crippen molar-refractivity contribution in [3.05, 3.63) is 99.8 Å².